The van der Waals surface area contributed by atoms with E-state index in [-0.39, 0.29) is 30.2 Å². The minimum absolute atomic E-state index is 0.0183. The monoisotopic (exact) mass is 377 g/mol. The van der Waals surface area contributed by atoms with E-state index >= 15 is 0 Å². The number of anilines is 1. The number of esters is 3. The highest BCUT2D eigenvalue weighted by atomic mass is 16.5. The van der Waals surface area contributed by atoms with Gasteiger partial charge in [0.25, 0.3) is 0 Å². The SMILES string of the molecule is CCCCOC(=O)c1ccccc1N1COCC(C(=O)OC)=C1C(=O)OC. The Hall–Kier alpha value is -2.87. The Kier molecular flexibility index (Phi) is 7.36. The summed E-state index contributed by atoms with van der Waals surface area (Å²) >= 11 is 0. The number of methoxy groups -OCH3 is 2. The standard InChI is InChI=1S/C19H23NO7/c1-4-5-10-27-18(22)13-8-6-7-9-15(13)20-12-26-11-14(17(21)24-2)16(20)19(23)25-3/h6-9H,4-5,10-12H2,1-3H3. The predicted octanol–water partition coefficient (Wildman–Crippen LogP) is 2.04. The lowest BCUT2D eigenvalue weighted by Gasteiger charge is -2.32. The van der Waals surface area contributed by atoms with Gasteiger partial charge in [-0.25, -0.2) is 14.4 Å². The highest BCUT2D eigenvalue weighted by Gasteiger charge is 2.34. The zero-order chi connectivity index (χ0) is 19.8. The van der Waals surface area contributed by atoms with E-state index in [0.29, 0.717) is 12.3 Å². The summed E-state index contributed by atoms with van der Waals surface area (Å²) in [5.41, 5.74) is 0.624. The van der Waals surface area contributed by atoms with Crippen molar-refractivity contribution in [2.75, 3.05) is 39.1 Å². The number of ether oxygens (including phenoxy) is 4. The van der Waals surface area contributed by atoms with Crippen molar-refractivity contribution in [2.24, 2.45) is 0 Å². The predicted molar refractivity (Wildman–Crippen MR) is 96.0 cm³/mol. The molecule has 0 fully saturated rings. The lowest BCUT2D eigenvalue weighted by atomic mass is 10.1. The van der Waals surface area contributed by atoms with Crippen LogP contribution in [0, 0.1) is 0 Å². The maximum atomic E-state index is 12.5. The van der Waals surface area contributed by atoms with Crippen molar-refractivity contribution < 1.29 is 33.3 Å². The third kappa shape index (κ3) is 4.65. The van der Waals surface area contributed by atoms with Crippen LogP contribution < -0.4 is 4.90 Å². The van der Waals surface area contributed by atoms with E-state index in [9.17, 15) is 14.4 Å². The molecule has 0 N–H and O–H groups in total. The molecule has 0 bridgehead atoms. The van der Waals surface area contributed by atoms with E-state index in [1.807, 2.05) is 6.92 Å². The summed E-state index contributed by atoms with van der Waals surface area (Å²) < 4.78 is 20.3. The smallest absolute Gasteiger partial charge is 0.355 e. The number of unbranched alkanes of at least 4 members (excludes halogenated alkanes) is 1. The molecule has 2 rings (SSSR count). The van der Waals surface area contributed by atoms with Crippen LogP contribution in [0.1, 0.15) is 30.1 Å². The molecule has 1 aliphatic heterocycles. The molecule has 0 atom stereocenters. The van der Waals surface area contributed by atoms with E-state index < -0.39 is 17.9 Å². The van der Waals surface area contributed by atoms with Crippen molar-refractivity contribution in [3.05, 3.63) is 41.1 Å². The molecule has 0 saturated heterocycles. The molecule has 1 aromatic carbocycles. The van der Waals surface area contributed by atoms with Gasteiger partial charge in [-0.1, -0.05) is 25.5 Å². The first kappa shape index (κ1) is 20.4. The summed E-state index contributed by atoms with van der Waals surface area (Å²) in [6.45, 7) is 2.16. The number of benzene rings is 1. The highest BCUT2D eigenvalue weighted by molar-refractivity contribution is 6.05. The maximum absolute atomic E-state index is 12.5. The van der Waals surface area contributed by atoms with Gasteiger partial charge in [-0.05, 0) is 18.6 Å². The maximum Gasteiger partial charge on any atom is 0.355 e. The van der Waals surface area contributed by atoms with Crippen molar-refractivity contribution in [1.29, 1.82) is 0 Å². The van der Waals surface area contributed by atoms with Gasteiger partial charge in [0.15, 0.2) is 0 Å². The molecule has 0 spiro atoms. The molecule has 27 heavy (non-hydrogen) atoms. The van der Waals surface area contributed by atoms with Crippen LogP contribution in [0.4, 0.5) is 5.69 Å². The number of carbonyl (C=O) groups excluding carboxylic acids is 3. The van der Waals surface area contributed by atoms with Crippen LogP contribution in [0.3, 0.4) is 0 Å². The molecule has 0 aromatic heterocycles. The van der Waals surface area contributed by atoms with Crippen LogP contribution >= 0.6 is 0 Å². The average Bonchev–Trinajstić information content (AvgIpc) is 2.72. The summed E-state index contributed by atoms with van der Waals surface area (Å²) in [4.78, 5) is 38.4. The first-order valence-electron chi connectivity index (χ1n) is 8.56. The van der Waals surface area contributed by atoms with Crippen molar-refractivity contribution in [1.82, 2.24) is 0 Å². The minimum atomic E-state index is -0.729. The van der Waals surface area contributed by atoms with Gasteiger partial charge >= 0.3 is 17.9 Å². The van der Waals surface area contributed by atoms with E-state index in [1.54, 1.807) is 24.3 Å². The molecule has 0 aliphatic carbocycles. The largest absolute Gasteiger partial charge is 0.466 e. The Labute approximate surface area is 157 Å². The van der Waals surface area contributed by atoms with E-state index in [0.717, 1.165) is 12.8 Å². The molecule has 8 heteroatoms. The lowest BCUT2D eigenvalue weighted by molar-refractivity contribution is -0.140. The first-order chi connectivity index (χ1) is 13.0. The number of hydrogen-bond acceptors (Lipinski definition) is 8. The van der Waals surface area contributed by atoms with Crippen LogP contribution in [0.2, 0.25) is 0 Å². The average molecular weight is 377 g/mol. The van der Waals surface area contributed by atoms with E-state index in [1.165, 1.54) is 19.1 Å². The highest BCUT2D eigenvalue weighted by Crippen LogP contribution is 2.30. The molecule has 0 saturated carbocycles. The fourth-order valence-electron chi connectivity index (χ4n) is 2.60. The van der Waals surface area contributed by atoms with Crippen molar-refractivity contribution in [3.8, 4) is 0 Å². The van der Waals surface area contributed by atoms with Crippen LogP contribution in [-0.2, 0) is 28.5 Å². The Balaban J connectivity index is 2.47. The second-order valence-corrected chi connectivity index (χ2v) is 5.72. The number of nitrogens with zero attached hydrogens (tertiary/aromatic N) is 1. The second-order valence-electron chi connectivity index (χ2n) is 5.72. The van der Waals surface area contributed by atoms with Crippen LogP contribution in [-0.4, -0.2) is 52.1 Å². The molecule has 146 valence electrons. The Morgan fingerprint density at radius 2 is 1.78 bits per heavy atom. The fourth-order valence-corrected chi connectivity index (χ4v) is 2.60. The van der Waals surface area contributed by atoms with Gasteiger partial charge in [-0.3, -0.25) is 0 Å². The van der Waals surface area contributed by atoms with Crippen LogP contribution in [0.25, 0.3) is 0 Å². The molecular weight excluding hydrogens is 354 g/mol. The number of hydrogen-bond donors (Lipinski definition) is 0. The number of carbonyl (C=O) groups is 3. The van der Waals surface area contributed by atoms with Gasteiger partial charge in [0.05, 0.1) is 44.3 Å². The summed E-state index contributed by atoms with van der Waals surface area (Å²) in [6, 6.07) is 6.63. The molecule has 8 nitrogen and oxygen atoms in total. The normalized spacial score (nSPS) is 14.0. The van der Waals surface area contributed by atoms with E-state index in [4.69, 9.17) is 18.9 Å². The Morgan fingerprint density at radius 3 is 2.44 bits per heavy atom. The molecule has 1 aliphatic rings. The summed E-state index contributed by atoms with van der Waals surface area (Å²) in [6.07, 6.45) is 1.65. The number of para-hydroxylation sites is 1. The Bertz CT molecular complexity index is 741. The van der Waals surface area contributed by atoms with Gasteiger partial charge in [-0.2, -0.15) is 0 Å². The molecule has 0 radical (unpaired) electrons. The van der Waals surface area contributed by atoms with Crippen molar-refractivity contribution in [3.63, 3.8) is 0 Å². The summed E-state index contributed by atoms with van der Waals surface area (Å²) in [7, 11) is 2.42. The van der Waals surface area contributed by atoms with Crippen molar-refractivity contribution >= 4 is 23.6 Å². The minimum Gasteiger partial charge on any atom is -0.466 e. The molecule has 0 amide bonds. The summed E-state index contributed by atoms with van der Waals surface area (Å²) in [5, 5.41) is 0. The van der Waals surface area contributed by atoms with Gasteiger partial charge < -0.3 is 23.8 Å². The molecule has 0 unspecified atom stereocenters. The summed E-state index contributed by atoms with van der Waals surface area (Å²) in [5.74, 6) is -1.95. The van der Waals surface area contributed by atoms with Gasteiger partial charge in [0.2, 0.25) is 0 Å². The van der Waals surface area contributed by atoms with Gasteiger partial charge in [0.1, 0.15) is 12.4 Å². The quantitative estimate of drug-likeness (QED) is 0.405. The van der Waals surface area contributed by atoms with Gasteiger partial charge in [-0.15, -0.1) is 0 Å². The lowest BCUT2D eigenvalue weighted by Crippen LogP contribution is -2.39. The van der Waals surface area contributed by atoms with Crippen molar-refractivity contribution in [2.45, 2.75) is 19.8 Å². The molecule has 1 aromatic rings. The zero-order valence-electron chi connectivity index (χ0n) is 15.6. The topological polar surface area (TPSA) is 91.4 Å². The molecule has 1 heterocycles. The van der Waals surface area contributed by atoms with Crippen LogP contribution in [0.15, 0.2) is 35.5 Å². The third-order valence-corrected chi connectivity index (χ3v) is 3.98. The zero-order valence-corrected chi connectivity index (χ0v) is 15.6. The number of rotatable bonds is 7. The van der Waals surface area contributed by atoms with Gasteiger partial charge in [0, 0.05) is 0 Å². The Morgan fingerprint density at radius 1 is 1.07 bits per heavy atom. The van der Waals surface area contributed by atoms with Crippen LogP contribution in [0.5, 0.6) is 0 Å². The molecular formula is C19H23NO7. The second kappa shape index (κ2) is 9.72. The first-order valence-corrected chi connectivity index (χ1v) is 8.56. The third-order valence-electron chi connectivity index (χ3n) is 3.98. The van der Waals surface area contributed by atoms with E-state index in [2.05, 4.69) is 0 Å². The fraction of sp³-hybridized carbons (Fsp3) is 0.421.